The van der Waals surface area contributed by atoms with E-state index in [2.05, 4.69) is 54.8 Å². The third-order valence-electron chi connectivity index (χ3n) is 3.63. The minimum absolute atomic E-state index is 0.137. The van der Waals surface area contributed by atoms with Gasteiger partial charge < -0.3 is 5.73 Å². The Morgan fingerprint density at radius 1 is 1.21 bits per heavy atom. The third kappa shape index (κ3) is 2.87. The molecule has 0 fully saturated rings. The molecule has 0 radical (unpaired) electrons. The highest BCUT2D eigenvalue weighted by Crippen LogP contribution is 2.25. The van der Waals surface area contributed by atoms with Gasteiger partial charge in [0.15, 0.2) is 0 Å². The first kappa shape index (κ1) is 13.8. The van der Waals surface area contributed by atoms with Gasteiger partial charge in [-0.15, -0.1) is 0 Å². The first-order valence-electron chi connectivity index (χ1n) is 7.05. The summed E-state index contributed by atoms with van der Waals surface area (Å²) >= 11 is 0. The van der Waals surface area contributed by atoms with Gasteiger partial charge in [-0.3, -0.25) is 4.68 Å². The van der Waals surface area contributed by atoms with Crippen LogP contribution in [0.5, 0.6) is 0 Å². The summed E-state index contributed by atoms with van der Waals surface area (Å²) < 4.78 is 2.07. The smallest absolute Gasteiger partial charge is 0.0571 e. The van der Waals surface area contributed by atoms with Gasteiger partial charge in [0, 0.05) is 23.8 Å². The van der Waals surface area contributed by atoms with Gasteiger partial charge in [0.2, 0.25) is 0 Å². The molecular weight excluding hydrogens is 234 g/mol. The van der Waals surface area contributed by atoms with Crippen molar-refractivity contribution in [2.75, 3.05) is 0 Å². The Morgan fingerprint density at radius 2 is 1.89 bits per heavy atom. The molecule has 3 nitrogen and oxygen atoms in total. The topological polar surface area (TPSA) is 43.8 Å². The number of rotatable bonds is 5. The minimum Gasteiger partial charge on any atom is -0.324 e. The Hall–Kier alpha value is -1.61. The molecule has 19 heavy (non-hydrogen) atoms. The second-order valence-electron chi connectivity index (χ2n) is 5.00. The molecule has 0 aliphatic rings. The fraction of sp³-hybridized carbons (Fsp3) is 0.438. The van der Waals surface area contributed by atoms with E-state index in [1.54, 1.807) is 0 Å². The number of aryl methyl sites for hydroxylation is 1. The zero-order valence-electron chi connectivity index (χ0n) is 12.1. The van der Waals surface area contributed by atoms with Crippen LogP contribution in [0.2, 0.25) is 0 Å². The average molecular weight is 257 g/mol. The summed E-state index contributed by atoms with van der Waals surface area (Å²) in [4.78, 5) is 0. The number of hydrogen-bond acceptors (Lipinski definition) is 2. The van der Waals surface area contributed by atoms with Gasteiger partial charge in [-0.25, -0.2) is 0 Å². The van der Waals surface area contributed by atoms with Crippen LogP contribution in [0, 0.1) is 6.92 Å². The fourth-order valence-electron chi connectivity index (χ4n) is 2.31. The van der Waals surface area contributed by atoms with Crippen LogP contribution in [0.1, 0.15) is 44.0 Å². The maximum atomic E-state index is 6.04. The van der Waals surface area contributed by atoms with Crippen LogP contribution in [0.4, 0.5) is 0 Å². The van der Waals surface area contributed by atoms with E-state index >= 15 is 0 Å². The molecule has 0 aliphatic heterocycles. The molecule has 0 aliphatic carbocycles. The molecule has 1 unspecified atom stereocenters. The Kier molecular flexibility index (Phi) is 4.38. The van der Waals surface area contributed by atoms with Crippen LogP contribution in [0.25, 0.3) is 11.1 Å². The SMILES string of the molecule is CCCn1ncc(-c2ccc(C(N)CC)cc2)c1C. The molecule has 2 aromatic rings. The van der Waals surface area contributed by atoms with Crippen molar-refractivity contribution in [1.82, 2.24) is 9.78 Å². The standard InChI is InChI=1S/C16H23N3/c1-4-10-19-12(3)15(11-18-19)13-6-8-14(9-7-13)16(17)5-2/h6-9,11,16H,4-5,10,17H2,1-3H3. The maximum absolute atomic E-state index is 6.04. The van der Waals surface area contributed by atoms with E-state index in [9.17, 15) is 0 Å². The molecule has 1 heterocycles. The first-order valence-corrected chi connectivity index (χ1v) is 7.05. The lowest BCUT2D eigenvalue weighted by molar-refractivity contribution is 0.587. The van der Waals surface area contributed by atoms with Crippen molar-refractivity contribution in [2.24, 2.45) is 5.73 Å². The number of hydrogen-bond donors (Lipinski definition) is 1. The molecule has 0 bridgehead atoms. The van der Waals surface area contributed by atoms with E-state index in [4.69, 9.17) is 5.73 Å². The Balaban J connectivity index is 2.27. The van der Waals surface area contributed by atoms with E-state index in [-0.39, 0.29) is 6.04 Å². The van der Waals surface area contributed by atoms with Crippen LogP contribution >= 0.6 is 0 Å². The summed E-state index contributed by atoms with van der Waals surface area (Å²) in [5, 5.41) is 4.45. The van der Waals surface area contributed by atoms with E-state index in [1.807, 2.05) is 6.20 Å². The lowest BCUT2D eigenvalue weighted by Crippen LogP contribution is -2.08. The first-order chi connectivity index (χ1) is 9.17. The summed E-state index contributed by atoms with van der Waals surface area (Å²) in [6.07, 6.45) is 4.03. The lowest BCUT2D eigenvalue weighted by Gasteiger charge is -2.10. The predicted molar refractivity (Wildman–Crippen MR) is 79.9 cm³/mol. The molecule has 3 heteroatoms. The van der Waals surface area contributed by atoms with Crippen molar-refractivity contribution in [3.8, 4) is 11.1 Å². The van der Waals surface area contributed by atoms with Gasteiger partial charge in [0.05, 0.1) is 6.20 Å². The molecule has 102 valence electrons. The van der Waals surface area contributed by atoms with Crippen molar-refractivity contribution < 1.29 is 0 Å². The van der Waals surface area contributed by atoms with Gasteiger partial charge in [-0.05, 0) is 30.9 Å². The van der Waals surface area contributed by atoms with Crippen molar-refractivity contribution in [3.05, 3.63) is 41.7 Å². The molecule has 0 saturated heterocycles. The van der Waals surface area contributed by atoms with Gasteiger partial charge >= 0.3 is 0 Å². The molecule has 1 atom stereocenters. The van der Waals surface area contributed by atoms with E-state index in [0.29, 0.717) is 0 Å². The van der Waals surface area contributed by atoms with Crippen LogP contribution in [0.3, 0.4) is 0 Å². The monoisotopic (exact) mass is 257 g/mol. The van der Waals surface area contributed by atoms with Gasteiger partial charge in [-0.1, -0.05) is 38.1 Å². The molecule has 2 rings (SSSR count). The van der Waals surface area contributed by atoms with Crippen molar-refractivity contribution >= 4 is 0 Å². The molecule has 1 aromatic heterocycles. The van der Waals surface area contributed by atoms with Crippen molar-refractivity contribution in [3.63, 3.8) is 0 Å². The molecule has 2 N–H and O–H groups in total. The Labute approximate surface area is 115 Å². The fourth-order valence-corrected chi connectivity index (χ4v) is 2.31. The summed E-state index contributed by atoms with van der Waals surface area (Å²) in [7, 11) is 0. The van der Waals surface area contributed by atoms with E-state index in [0.717, 1.165) is 19.4 Å². The summed E-state index contributed by atoms with van der Waals surface area (Å²) in [6, 6.07) is 8.68. The molecular formula is C16H23N3. The normalized spacial score (nSPS) is 12.6. The summed E-state index contributed by atoms with van der Waals surface area (Å²) in [5.41, 5.74) is 10.9. The Bertz CT molecular complexity index is 525. The minimum atomic E-state index is 0.137. The molecule has 0 amide bonds. The third-order valence-corrected chi connectivity index (χ3v) is 3.63. The van der Waals surface area contributed by atoms with Crippen LogP contribution in [-0.2, 0) is 6.54 Å². The Morgan fingerprint density at radius 3 is 2.47 bits per heavy atom. The van der Waals surface area contributed by atoms with Crippen LogP contribution in [0.15, 0.2) is 30.5 Å². The average Bonchev–Trinajstić information content (AvgIpc) is 2.80. The van der Waals surface area contributed by atoms with Crippen molar-refractivity contribution in [2.45, 2.75) is 46.2 Å². The second kappa shape index (κ2) is 6.02. The predicted octanol–water partition coefficient (Wildman–Crippen LogP) is 3.68. The van der Waals surface area contributed by atoms with E-state index in [1.165, 1.54) is 22.4 Å². The second-order valence-corrected chi connectivity index (χ2v) is 5.00. The maximum Gasteiger partial charge on any atom is 0.0571 e. The quantitative estimate of drug-likeness (QED) is 0.888. The number of benzene rings is 1. The highest BCUT2D eigenvalue weighted by Gasteiger charge is 2.09. The number of nitrogens with zero attached hydrogens (tertiary/aromatic N) is 2. The summed E-state index contributed by atoms with van der Waals surface area (Å²) in [5.74, 6) is 0. The van der Waals surface area contributed by atoms with Crippen LogP contribution < -0.4 is 5.73 Å². The van der Waals surface area contributed by atoms with Gasteiger partial charge in [0.1, 0.15) is 0 Å². The summed E-state index contributed by atoms with van der Waals surface area (Å²) in [6.45, 7) is 7.38. The number of aromatic nitrogens is 2. The highest BCUT2D eigenvalue weighted by atomic mass is 15.3. The van der Waals surface area contributed by atoms with Gasteiger partial charge in [-0.2, -0.15) is 5.10 Å². The zero-order valence-corrected chi connectivity index (χ0v) is 12.1. The molecule has 1 aromatic carbocycles. The zero-order chi connectivity index (χ0) is 13.8. The lowest BCUT2D eigenvalue weighted by atomic mass is 10.0. The van der Waals surface area contributed by atoms with Crippen LogP contribution in [-0.4, -0.2) is 9.78 Å². The van der Waals surface area contributed by atoms with Gasteiger partial charge in [0.25, 0.3) is 0 Å². The number of nitrogens with two attached hydrogens (primary N) is 1. The van der Waals surface area contributed by atoms with Crippen molar-refractivity contribution in [1.29, 1.82) is 0 Å². The largest absolute Gasteiger partial charge is 0.324 e. The highest BCUT2D eigenvalue weighted by molar-refractivity contribution is 5.65. The molecule has 0 saturated carbocycles. The molecule has 0 spiro atoms. The van der Waals surface area contributed by atoms with E-state index < -0.39 is 0 Å².